The standard InChI is InChI=1S/C15H24N2OS/c1-16-10-12-13(11-6-7-11)17-14(19-12)15(18-2)8-4-3-5-9-15/h11,16H,3-10H2,1-2H3. The van der Waals surface area contributed by atoms with E-state index in [1.807, 2.05) is 25.5 Å². The highest BCUT2D eigenvalue weighted by Crippen LogP contribution is 2.47. The van der Waals surface area contributed by atoms with E-state index < -0.39 is 0 Å². The maximum atomic E-state index is 5.94. The smallest absolute Gasteiger partial charge is 0.125 e. The van der Waals surface area contributed by atoms with Crippen LogP contribution in [0, 0.1) is 0 Å². The first-order chi connectivity index (χ1) is 9.29. The average Bonchev–Trinajstić information content (AvgIpc) is 3.21. The Labute approximate surface area is 119 Å². The number of hydrogen-bond donors (Lipinski definition) is 1. The van der Waals surface area contributed by atoms with E-state index in [-0.39, 0.29) is 5.60 Å². The predicted molar refractivity (Wildman–Crippen MR) is 78.6 cm³/mol. The van der Waals surface area contributed by atoms with Gasteiger partial charge in [-0.1, -0.05) is 19.3 Å². The van der Waals surface area contributed by atoms with Gasteiger partial charge in [-0.2, -0.15) is 0 Å². The van der Waals surface area contributed by atoms with Gasteiger partial charge in [0.05, 0.1) is 5.69 Å². The molecule has 1 N–H and O–H groups in total. The molecule has 2 aliphatic rings. The van der Waals surface area contributed by atoms with Crippen LogP contribution in [0.2, 0.25) is 0 Å². The molecule has 4 heteroatoms. The van der Waals surface area contributed by atoms with Crippen molar-refractivity contribution in [3.05, 3.63) is 15.6 Å². The Balaban J connectivity index is 1.92. The summed E-state index contributed by atoms with van der Waals surface area (Å²) in [6.45, 7) is 0.948. The minimum Gasteiger partial charge on any atom is -0.371 e. The Morgan fingerprint density at radius 3 is 2.63 bits per heavy atom. The molecule has 0 aliphatic heterocycles. The van der Waals surface area contributed by atoms with E-state index in [1.165, 1.54) is 47.7 Å². The molecule has 3 rings (SSSR count). The molecule has 0 radical (unpaired) electrons. The third kappa shape index (κ3) is 2.58. The van der Waals surface area contributed by atoms with Gasteiger partial charge in [0.25, 0.3) is 0 Å². The van der Waals surface area contributed by atoms with Crippen LogP contribution < -0.4 is 5.32 Å². The molecule has 0 bridgehead atoms. The summed E-state index contributed by atoms with van der Waals surface area (Å²) in [7, 11) is 3.88. The molecule has 2 aliphatic carbocycles. The second kappa shape index (κ2) is 5.51. The first kappa shape index (κ1) is 13.5. The van der Waals surface area contributed by atoms with Crippen molar-refractivity contribution in [3.8, 4) is 0 Å². The molecule has 2 fully saturated rings. The third-order valence-corrected chi connectivity index (χ3v) is 5.73. The van der Waals surface area contributed by atoms with Crippen LogP contribution in [0.1, 0.15) is 66.4 Å². The van der Waals surface area contributed by atoms with Gasteiger partial charge in [-0.3, -0.25) is 0 Å². The van der Waals surface area contributed by atoms with E-state index in [0.717, 1.165) is 25.3 Å². The number of nitrogens with zero attached hydrogens (tertiary/aromatic N) is 1. The first-order valence-electron chi connectivity index (χ1n) is 7.49. The van der Waals surface area contributed by atoms with Gasteiger partial charge in [0, 0.05) is 24.4 Å². The molecule has 0 unspecified atom stereocenters. The van der Waals surface area contributed by atoms with Crippen molar-refractivity contribution >= 4 is 11.3 Å². The summed E-state index contributed by atoms with van der Waals surface area (Å²) in [5, 5.41) is 4.52. The Bertz CT molecular complexity index is 433. The highest BCUT2D eigenvalue weighted by atomic mass is 32.1. The monoisotopic (exact) mass is 280 g/mol. The molecule has 1 heterocycles. The van der Waals surface area contributed by atoms with E-state index in [9.17, 15) is 0 Å². The van der Waals surface area contributed by atoms with Gasteiger partial charge in [-0.25, -0.2) is 4.98 Å². The summed E-state index contributed by atoms with van der Waals surface area (Å²) >= 11 is 1.88. The Kier molecular flexibility index (Phi) is 3.92. The maximum Gasteiger partial charge on any atom is 0.125 e. The van der Waals surface area contributed by atoms with Crippen LogP contribution in [0.25, 0.3) is 0 Å². The number of methoxy groups -OCH3 is 1. The molecule has 0 atom stereocenters. The molecule has 3 nitrogen and oxygen atoms in total. The fourth-order valence-corrected chi connectivity index (χ4v) is 4.53. The van der Waals surface area contributed by atoms with Crippen LogP contribution >= 0.6 is 11.3 Å². The minimum atomic E-state index is -0.0848. The van der Waals surface area contributed by atoms with E-state index in [4.69, 9.17) is 9.72 Å². The average molecular weight is 280 g/mol. The normalized spacial score (nSPS) is 22.6. The van der Waals surface area contributed by atoms with Gasteiger partial charge in [0.2, 0.25) is 0 Å². The van der Waals surface area contributed by atoms with Crippen LogP contribution in [-0.2, 0) is 16.9 Å². The lowest BCUT2D eigenvalue weighted by Crippen LogP contribution is -2.30. The molecule has 0 saturated heterocycles. The number of ether oxygens (including phenoxy) is 1. The minimum absolute atomic E-state index is 0.0848. The maximum absolute atomic E-state index is 5.94. The van der Waals surface area contributed by atoms with Crippen molar-refractivity contribution in [3.63, 3.8) is 0 Å². The quantitative estimate of drug-likeness (QED) is 0.895. The predicted octanol–water partition coefficient (Wildman–Crippen LogP) is 3.55. The van der Waals surface area contributed by atoms with Gasteiger partial charge in [0.1, 0.15) is 10.6 Å². The van der Waals surface area contributed by atoms with E-state index in [1.54, 1.807) is 0 Å². The van der Waals surface area contributed by atoms with E-state index >= 15 is 0 Å². The first-order valence-corrected chi connectivity index (χ1v) is 8.30. The fourth-order valence-electron chi connectivity index (χ4n) is 3.15. The molecular weight excluding hydrogens is 256 g/mol. The van der Waals surface area contributed by atoms with Crippen molar-refractivity contribution < 1.29 is 4.74 Å². The van der Waals surface area contributed by atoms with E-state index in [2.05, 4.69) is 5.32 Å². The van der Waals surface area contributed by atoms with Gasteiger partial charge in [-0.05, 0) is 32.7 Å². The Morgan fingerprint density at radius 2 is 2.05 bits per heavy atom. The zero-order valence-electron chi connectivity index (χ0n) is 12.0. The molecule has 0 aromatic carbocycles. The van der Waals surface area contributed by atoms with Gasteiger partial charge < -0.3 is 10.1 Å². The lowest BCUT2D eigenvalue weighted by molar-refractivity contribution is -0.0447. The van der Waals surface area contributed by atoms with Crippen molar-refractivity contribution in [1.82, 2.24) is 10.3 Å². The summed E-state index contributed by atoms with van der Waals surface area (Å²) in [5.41, 5.74) is 1.27. The summed E-state index contributed by atoms with van der Waals surface area (Å²) < 4.78 is 5.94. The molecule has 2 saturated carbocycles. The second-order valence-electron chi connectivity index (χ2n) is 5.89. The van der Waals surface area contributed by atoms with Crippen molar-refractivity contribution in [2.75, 3.05) is 14.2 Å². The molecule has 0 spiro atoms. The van der Waals surface area contributed by atoms with Gasteiger partial charge >= 0.3 is 0 Å². The number of rotatable bonds is 5. The molecule has 0 amide bonds. The SMILES string of the molecule is CNCc1sc(C2(OC)CCCCC2)nc1C1CC1. The fraction of sp³-hybridized carbons (Fsp3) is 0.800. The number of nitrogens with one attached hydrogen (secondary N) is 1. The van der Waals surface area contributed by atoms with Crippen LogP contribution in [0.15, 0.2) is 0 Å². The van der Waals surface area contributed by atoms with Crippen molar-refractivity contribution in [2.45, 2.75) is 63.0 Å². The second-order valence-corrected chi connectivity index (χ2v) is 6.97. The summed E-state index contributed by atoms with van der Waals surface area (Å²) in [5.74, 6) is 0.728. The zero-order valence-corrected chi connectivity index (χ0v) is 12.8. The number of hydrogen-bond acceptors (Lipinski definition) is 4. The molecule has 106 valence electrons. The van der Waals surface area contributed by atoms with Crippen LogP contribution in [0.3, 0.4) is 0 Å². The molecule has 19 heavy (non-hydrogen) atoms. The Hall–Kier alpha value is -0.450. The lowest BCUT2D eigenvalue weighted by atomic mass is 9.85. The van der Waals surface area contributed by atoms with Gasteiger partial charge in [0.15, 0.2) is 0 Å². The van der Waals surface area contributed by atoms with Crippen LogP contribution in [0.4, 0.5) is 0 Å². The number of aromatic nitrogens is 1. The van der Waals surface area contributed by atoms with Crippen LogP contribution in [-0.4, -0.2) is 19.1 Å². The highest BCUT2D eigenvalue weighted by molar-refractivity contribution is 7.11. The van der Waals surface area contributed by atoms with Crippen molar-refractivity contribution in [1.29, 1.82) is 0 Å². The summed E-state index contributed by atoms with van der Waals surface area (Å²) in [6.07, 6.45) is 8.80. The molecule has 1 aromatic rings. The van der Waals surface area contributed by atoms with Crippen molar-refractivity contribution in [2.24, 2.45) is 0 Å². The number of thiazole rings is 1. The molecule has 1 aromatic heterocycles. The van der Waals surface area contributed by atoms with Gasteiger partial charge in [-0.15, -0.1) is 11.3 Å². The molecular formula is C15H24N2OS. The topological polar surface area (TPSA) is 34.1 Å². The van der Waals surface area contributed by atoms with Crippen LogP contribution in [0.5, 0.6) is 0 Å². The Morgan fingerprint density at radius 1 is 1.32 bits per heavy atom. The largest absolute Gasteiger partial charge is 0.371 e. The lowest BCUT2D eigenvalue weighted by Gasteiger charge is -2.34. The zero-order chi connectivity index (χ0) is 13.3. The summed E-state index contributed by atoms with van der Waals surface area (Å²) in [6, 6.07) is 0. The summed E-state index contributed by atoms with van der Waals surface area (Å²) in [4.78, 5) is 6.44. The highest BCUT2D eigenvalue weighted by Gasteiger charge is 2.39. The third-order valence-electron chi connectivity index (χ3n) is 4.47. The van der Waals surface area contributed by atoms with E-state index in [0.29, 0.717) is 0 Å².